The van der Waals surface area contributed by atoms with E-state index in [1.54, 1.807) is 0 Å². The number of anilines is 1. The van der Waals surface area contributed by atoms with Crippen LogP contribution in [0.5, 0.6) is 0 Å². The summed E-state index contributed by atoms with van der Waals surface area (Å²) in [4.78, 5) is 10.4. The van der Waals surface area contributed by atoms with Crippen LogP contribution in [-0.2, 0) is 4.79 Å². The van der Waals surface area contributed by atoms with Crippen molar-refractivity contribution in [3.63, 3.8) is 0 Å². The Labute approximate surface area is 98.8 Å². The number of nitrogens with two attached hydrogens (primary N) is 1. The molecule has 0 aliphatic carbocycles. The minimum absolute atomic E-state index is 0.0671. The third-order valence-corrected chi connectivity index (χ3v) is 2.11. The van der Waals surface area contributed by atoms with Gasteiger partial charge in [0.2, 0.25) is 11.7 Å². The molecule has 0 unspecified atom stereocenters. The molecular weight excluding hydrogens is 259 g/mol. The molecule has 1 rings (SSSR count). The highest BCUT2D eigenvalue weighted by atomic mass is 19.2. The van der Waals surface area contributed by atoms with Crippen molar-refractivity contribution < 1.29 is 26.7 Å². The molecule has 3 N–H and O–H groups in total. The first kappa shape index (κ1) is 14.2. The largest absolute Gasteiger partial charge is 0.380 e. The van der Waals surface area contributed by atoms with Crippen LogP contribution in [0, 0.1) is 29.1 Å². The van der Waals surface area contributed by atoms with Crippen LogP contribution in [0.3, 0.4) is 0 Å². The van der Waals surface area contributed by atoms with Crippen molar-refractivity contribution in [3.05, 3.63) is 29.1 Å². The Balaban J connectivity index is 2.86. The number of carbonyl (C=O) groups excluding carboxylic acids is 1. The molecule has 1 amide bonds. The molecule has 1 aromatic rings. The van der Waals surface area contributed by atoms with Crippen LogP contribution in [0.4, 0.5) is 27.6 Å². The summed E-state index contributed by atoms with van der Waals surface area (Å²) in [6, 6.07) is 0. The molecule has 0 atom stereocenters. The number of benzene rings is 1. The highest BCUT2D eigenvalue weighted by Crippen LogP contribution is 2.26. The van der Waals surface area contributed by atoms with E-state index in [2.05, 4.69) is 0 Å². The summed E-state index contributed by atoms with van der Waals surface area (Å²) >= 11 is 0. The van der Waals surface area contributed by atoms with Gasteiger partial charge in [-0.1, -0.05) is 0 Å². The van der Waals surface area contributed by atoms with Crippen LogP contribution >= 0.6 is 0 Å². The number of carbonyl (C=O) groups is 1. The Hall–Kier alpha value is -1.86. The topological polar surface area (TPSA) is 55.1 Å². The average molecular weight is 268 g/mol. The summed E-state index contributed by atoms with van der Waals surface area (Å²) in [5, 5.41) is 2.04. The molecule has 0 aromatic heterocycles. The molecule has 0 aliphatic heterocycles. The summed E-state index contributed by atoms with van der Waals surface area (Å²) in [5.41, 5.74) is 3.70. The fraction of sp³-hybridized carbons (Fsp3) is 0.300. The maximum absolute atomic E-state index is 13.1. The van der Waals surface area contributed by atoms with Crippen LogP contribution in [0.1, 0.15) is 12.8 Å². The molecule has 8 heteroatoms. The van der Waals surface area contributed by atoms with E-state index in [-0.39, 0.29) is 19.4 Å². The summed E-state index contributed by atoms with van der Waals surface area (Å²) in [7, 11) is 0. The smallest absolute Gasteiger partial charge is 0.217 e. The zero-order valence-corrected chi connectivity index (χ0v) is 9.00. The van der Waals surface area contributed by atoms with Gasteiger partial charge in [0.1, 0.15) is 5.69 Å². The zero-order valence-electron chi connectivity index (χ0n) is 9.00. The average Bonchev–Trinajstić information content (AvgIpc) is 2.32. The van der Waals surface area contributed by atoms with E-state index < -0.39 is 40.7 Å². The molecule has 0 spiro atoms. The summed E-state index contributed by atoms with van der Waals surface area (Å²) in [6.07, 6.45) is 0.0389. The second-order valence-corrected chi connectivity index (χ2v) is 3.44. The van der Waals surface area contributed by atoms with Gasteiger partial charge in [0, 0.05) is 13.0 Å². The normalized spacial score (nSPS) is 10.5. The number of nitrogens with one attached hydrogen (secondary N) is 1. The number of primary amides is 1. The van der Waals surface area contributed by atoms with Gasteiger partial charge >= 0.3 is 0 Å². The molecular formula is C10H9F5N2O. The quantitative estimate of drug-likeness (QED) is 0.372. The molecule has 1 aromatic carbocycles. The molecule has 0 saturated heterocycles. The summed E-state index contributed by atoms with van der Waals surface area (Å²) in [6.45, 7) is -0.151. The van der Waals surface area contributed by atoms with E-state index in [9.17, 15) is 26.7 Å². The SMILES string of the molecule is NC(=O)CCCNc1c(F)c(F)c(F)c(F)c1F. The van der Waals surface area contributed by atoms with Gasteiger partial charge in [-0.15, -0.1) is 0 Å². The van der Waals surface area contributed by atoms with E-state index in [1.165, 1.54) is 0 Å². The second-order valence-electron chi connectivity index (χ2n) is 3.44. The molecule has 0 saturated carbocycles. The Morgan fingerprint density at radius 1 is 0.944 bits per heavy atom. The van der Waals surface area contributed by atoms with Crippen LogP contribution in [0.15, 0.2) is 0 Å². The fourth-order valence-corrected chi connectivity index (χ4v) is 1.24. The Morgan fingerprint density at radius 2 is 1.39 bits per heavy atom. The van der Waals surface area contributed by atoms with Crippen molar-refractivity contribution >= 4 is 11.6 Å². The van der Waals surface area contributed by atoms with Gasteiger partial charge in [0.25, 0.3) is 0 Å². The standard InChI is InChI=1S/C10H9F5N2O/c11-5-6(12)8(14)10(9(15)7(5)13)17-3-1-2-4(16)18/h17H,1-3H2,(H2,16,18). The molecule has 0 fully saturated rings. The minimum atomic E-state index is -2.22. The van der Waals surface area contributed by atoms with Crippen molar-refractivity contribution in [1.82, 2.24) is 0 Å². The van der Waals surface area contributed by atoms with Crippen LogP contribution in [0.25, 0.3) is 0 Å². The Morgan fingerprint density at radius 3 is 1.83 bits per heavy atom. The van der Waals surface area contributed by atoms with Crippen molar-refractivity contribution in [2.45, 2.75) is 12.8 Å². The lowest BCUT2D eigenvalue weighted by Gasteiger charge is -2.10. The molecule has 0 aliphatic rings. The van der Waals surface area contributed by atoms with E-state index >= 15 is 0 Å². The fourth-order valence-electron chi connectivity index (χ4n) is 1.24. The first-order valence-corrected chi connectivity index (χ1v) is 4.89. The number of rotatable bonds is 5. The highest BCUT2D eigenvalue weighted by molar-refractivity contribution is 5.73. The number of amides is 1. The first-order valence-electron chi connectivity index (χ1n) is 4.89. The summed E-state index contributed by atoms with van der Waals surface area (Å²) in [5.74, 6) is -10.8. The lowest BCUT2D eigenvalue weighted by atomic mass is 10.2. The molecule has 0 radical (unpaired) electrons. The number of halogens is 5. The van der Waals surface area contributed by atoms with Gasteiger partial charge in [0.05, 0.1) is 0 Å². The van der Waals surface area contributed by atoms with Gasteiger partial charge in [-0.25, -0.2) is 22.0 Å². The van der Waals surface area contributed by atoms with Crippen LogP contribution in [-0.4, -0.2) is 12.5 Å². The number of hydrogen-bond acceptors (Lipinski definition) is 2. The lowest BCUT2D eigenvalue weighted by Crippen LogP contribution is -2.14. The number of hydrogen-bond donors (Lipinski definition) is 2. The van der Waals surface area contributed by atoms with Crippen LogP contribution in [0.2, 0.25) is 0 Å². The van der Waals surface area contributed by atoms with E-state index in [0.29, 0.717) is 0 Å². The molecule has 100 valence electrons. The third-order valence-electron chi connectivity index (χ3n) is 2.11. The Bertz CT molecular complexity index is 449. The lowest BCUT2D eigenvalue weighted by molar-refractivity contribution is -0.118. The Kier molecular flexibility index (Phi) is 4.46. The van der Waals surface area contributed by atoms with E-state index in [1.807, 2.05) is 5.32 Å². The monoisotopic (exact) mass is 268 g/mol. The van der Waals surface area contributed by atoms with E-state index in [4.69, 9.17) is 5.73 Å². The van der Waals surface area contributed by atoms with Gasteiger partial charge in [-0.3, -0.25) is 4.79 Å². The van der Waals surface area contributed by atoms with Crippen molar-refractivity contribution in [3.8, 4) is 0 Å². The summed E-state index contributed by atoms with van der Waals surface area (Å²) < 4.78 is 64.4. The predicted octanol–water partition coefficient (Wildman–Crippen LogP) is 2.06. The maximum Gasteiger partial charge on any atom is 0.217 e. The van der Waals surface area contributed by atoms with Gasteiger partial charge in [0.15, 0.2) is 23.3 Å². The van der Waals surface area contributed by atoms with Crippen molar-refractivity contribution in [1.29, 1.82) is 0 Å². The van der Waals surface area contributed by atoms with Gasteiger partial charge in [-0.2, -0.15) is 0 Å². The van der Waals surface area contributed by atoms with Gasteiger partial charge in [-0.05, 0) is 6.42 Å². The molecule has 0 heterocycles. The van der Waals surface area contributed by atoms with Crippen molar-refractivity contribution in [2.75, 3.05) is 11.9 Å². The molecule has 3 nitrogen and oxygen atoms in total. The predicted molar refractivity (Wildman–Crippen MR) is 53.2 cm³/mol. The zero-order chi connectivity index (χ0) is 13.9. The van der Waals surface area contributed by atoms with Crippen molar-refractivity contribution in [2.24, 2.45) is 5.73 Å². The van der Waals surface area contributed by atoms with Gasteiger partial charge < -0.3 is 11.1 Å². The maximum atomic E-state index is 13.1. The van der Waals surface area contributed by atoms with E-state index in [0.717, 1.165) is 0 Å². The first-order chi connectivity index (χ1) is 8.36. The molecule has 0 bridgehead atoms. The third kappa shape index (κ3) is 2.88. The highest BCUT2D eigenvalue weighted by Gasteiger charge is 2.25. The minimum Gasteiger partial charge on any atom is -0.380 e. The van der Waals surface area contributed by atoms with Crippen LogP contribution < -0.4 is 11.1 Å². The second kappa shape index (κ2) is 5.65. The molecule has 18 heavy (non-hydrogen) atoms.